The molecule has 3 heterocycles. The smallest absolute Gasteiger partial charge is 0.389 e. The van der Waals surface area contributed by atoms with Crippen LogP contribution >= 0.6 is 0 Å². The summed E-state index contributed by atoms with van der Waals surface area (Å²) in [6.07, 6.45) is -3.53. The lowest BCUT2D eigenvalue weighted by atomic mass is 9.94. The molecule has 1 aliphatic heterocycles. The zero-order valence-electron chi connectivity index (χ0n) is 12.3. The zero-order chi connectivity index (χ0) is 15.7. The molecule has 0 atom stereocenters. The molecular formula is C14H17ClF3N4O-. The number of hydrogen-bond donors (Lipinski definition) is 2. The monoisotopic (exact) mass is 349 g/mol. The average molecular weight is 350 g/mol. The Morgan fingerprint density at radius 3 is 2.61 bits per heavy atom. The van der Waals surface area contributed by atoms with Gasteiger partial charge < -0.3 is 22.7 Å². The van der Waals surface area contributed by atoms with Crippen molar-refractivity contribution in [2.75, 3.05) is 13.1 Å². The zero-order valence-corrected chi connectivity index (χ0v) is 13.0. The van der Waals surface area contributed by atoms with Crippen molar-refractivity contribution in [3.05, 3.63) is 33.9 Å². The first kappa shape index (κ1) is 17.8. The van der Waals surface area contributed by atoms with Crippen LogP contribution in [-0.4, -0.2) is 33.9 Å². The van der Waals surface area contributed by atoms with Crippen LogP contribution in [0, 0.1) is 0 Å². The molecule has 23 heavy (non-hydrogen) atoms. The third kappa shape index (κ3) is 4.26. The lowest BCUT2D eigenvalue weighted by Gasteiger charge is -2.23. The molecule has 1 aliphatic rings. The van der Waals surface area contributed by atoms with Gasteiger partial charge in [0.05, 0.1) is 11.4 Å². The molecule has 0 spiro atoms. The van der Waals surface area contributed by atoms with Gasteiger partial charge in [-0.05, 0) is 25.9 Å². The van der Waals surface area contributed by atoms with Crippen LogP contribution in [0.25, 0.3) is 5.65 Å². The SMILES string of the molecule is O=c1cc(C2CCNCC2)n2nc(CCC(F)(F)F)cc2[nH]1.[Cl-]. The summed E-state index contributed by atoms with van der Waals surface area (Å²) in [5, 5.41) is 7.51. The number of H-pyrrole nitrogens is 1. The molecule has 9 heteroatoms. The number of fused-ring (bicyclic) bond motifs is 1. The van der Waals surface area contributed by atoms with E-state index in [0.717, 1.165) is 31.6 Å². The van der Waals surface area contributed by atoms with E-state index in [1.165, 1.54) is 12.1 Å². The number of nitrogens with one attached hydrogen (secondary N) is 2. The Bertz CT molecular complexity index is 719. The fraction of sp³-hybridized carbons (Fsp3) is 0.571. The summed E-state index contributed by atoms with van der Waals surface area (Å²) in [6.45, 7) is 1.72. The van der Waals surface area contributed by atoms with Gasteiger partial charge in [0.15, 0.2) is 0 Å². The van der Waals surface area contributed by atoms with Gasteiger partial charge in [-0.15, -0.1) is 0 Å². The van der Waals surface area contributed by atoms with Crippen molar-refractivity contribution in [1.29, 1.82) is 0 Å². The van der Waals surface area contributed by atoms with Gasteiger partial charge in [-0.25, -0.2) is 4.52 Å². The van der Waals surface area contributed by atoms with E-state index in [1.54, 1.807) is 4.52 Å². The van der Waals surface area contributed by atoms with E-state index in [9.17, 15) is 18.0 Å². The lowest BCUT2D eigenvalue weighted by Crippen LogP contribution is -3.00. The van der Waals surface area contributed by atoms with Crippen LogP contribution in [0.15, 0.2) is 16.9 Å². The molecule has 0 radical (unpaired) electrons. The molecule has 5 nitrogen and oxygen atoms in total. The second-order valence-electron chi connectivity index (χ2n) is 5.63. The highest BCUT2D eigenvalue weighted by molar-refractivity contribution is 5.41. The van der Waals surface area contributed by atoms with Crippen molar-refractivity contribution in [2.45, 2.75) is 37.8 Å². The van der Waals surface area contributed by atoms with Gasteiger partial charge >= 0.3 is 6.18 Å². The van der Waals surface area contributed by atoms with E-state index in [2.05, 4.69) is 15.4 Å². The van der Waals surface area contributed by atoms with E-state index in [-0.39, 0.29) is 30.3 Å². The minimum atomic E-state index is -4.21. The summed E-state index contributed by atoms with van der Waals surface area (Å²) >= 11 is 0. The van der Waals surface area contributed by atoms with Crippen LogP contribution in [0.5, 0.6) is 0 Å². The van der Waals surface area contributed by atoms with Crippen molar-refractivity contribution in [3.8, 4) is 0 Å². The second-order valence-corrected chi connectivity index (χ2v) is 5.63. The molecule has 2 N–H and O–H groups in total. The Labute approximate surface area is 136 Å². The van der Waals surface area contributed by atoms with Gasteiger partial charge in [-0.3, -0.25) is 4.79 Å². The minimum absolute atomic E-state index is 0. The average Bonchev–Trinajstić information content (AvgIpc) is 2.87. The summed E-state index contributed by atoms with van der Waals surface area (Å²) in [5.74, 6) is 0.196. The molecule has 2 aromatic heterocycles. The molecular weight excluding hydrogens is 333 g/mol. The fourth-order valence-corrected chi connectivity index (χ4v) is 2.87. The van der Waals surface area contributed by atoms with Crippen LogP contribution in [0.2, 0.25) is 0 Å². The van der Waals surface area contributed by atoms with Crippen LogP contribution in [0.3, 0.4) is 0 Å². The summed E-state index contributed by atoms with van der Waals surface area (Å²) < 4.78 is 38.6. The number of halogens is 4. The molecule has 0 amide bonds. The molecule has 0 unspecified atom stereocenters. The summed E-state index contributed by atoms with van der Waals surface area (Å²) in [4.78, 5) is 14.4. The molecule has 0 bridgehead atoms. The van der Waals surface area contributed by atoms with Gasteiger partial charge in [0, 0.05) is 30.9 Å². The van der Waals surface area contributed by atoms with E-state index >= 15 is 0 Å². The van der Waals surface area contributed by atoms with Gasteiger partial charge in [-0.2, -0.15) is 18.3 Å². The second kappa shape index (κ2) is 6.92. The van der Waals surface area contributed by atoms with Crippen molar-refractivity contribution in [3.63, 3.8) is 0 Å². The molecule has 1 fully saturated rings. The first-order chi connectivity index (χ1) is 10.4. The first-order valence-corrected chi connectivity index (χ1v) is 7.32. The van der Waals surface area contributed by atoms with Crippen LogP contribution < -0.4 is 23.3 Å². The predicted molar refractivity (Wildman–Crippen MR) is 75.0 cm³/mol. The molecule has 3 rings (SSSR count). The van der Waals surface area contributed by atoms with Crippen molar-refractivity contribution in [2.24, 2.45) is 0 Å². The van der Waals surface area contributed by atoms with Gasteiger partial charge in [0.25, 0.3) is 5.56 Å². The van der Waals surface area contributed by atoms with Crippen molar-refractivity contribution < 1.29 is 25.6 Å². The predicted octanol–water partition coefficient (Wildman–Crippen LogP) is -1.01. The van der Waals surface area contributed by atoms with Gasteiger partial charge in [-0.1, -0.05) is 0 Å². The standard InChI is InChI=1S/C14H17F3N4O.ClH/c15-14(16,17)4-1-10-7-12-19-13(22)8-11(21(12)20-10)9-2-5-18-6-3-9;/h7-9,18H,1-6H2,(H,19,22);1H/p-1. The molecule has 2 aromatic rings. The number of rotatable bonds is 3. The number of aromatic amines is 1. The van der Waals surface area contributed by atoms with E-state index in [0.29, 0.717) is 11.3 Å². The van der Waals surface area contributed by atoms with Crippen LogP contribution in [0.1, 0.15) is 36.6 Å². The fourth-order valence-electron chi connectivity index (χ4n) is 2.87. The molecule has 128 valence electrons. The Morgan fingerprint density at radius 1 is 1.26 bits per heavy atom. The van der Waals surface area contributed by atoms with Crippen molar-refractivity contribution in [1.82, 2.24) is 19.9 Å². The van der Waals surface area contributed by atoms with Crippen molar-refractivity contribution >= 4 is 5.65 Å². The quantitative estimate of drug-likeness (QED) is 0.746. The maximum absolute atomic E-state index is 12.3. The number of alkyl halides is 3. The topological polar surface area (TPSA) is 62.2 Å². The Morgan fingerprint density at radius 2 is 1.96 bits per heavy atom. The Balaban J connectivity index is 0.00000192. The highest BCUT2D eigenvalue weighted by Gasteiger charge is 2.27. The van der Waals surface area contributed by atoms with Crippen LogP contribution in [-0.2, 0) is 6.42 Å². The number of nitrogens with zero attached hydrogens (tertiary/aromatic N) is 2. The Hall–Kier alpha value is -1.54. The maximum atomic E-state index is 12.3. The highest BCUT2D eigenvalue weighted by Crippen LogP contribution is 2.25. The molecule has 0 aliphatic carbocycles. The van der Waals surface area contributed by atoms with E-state index in [4.69, 9.17) is 0 Å². The first-order valence-electron chi connectivity index (χ1n) is 7.32. The number of hydrogen-bond acceptors (Lipinski definition) is 3. The molecule has 0 saturated carbocycles. The molecule has 1 saturated heterocycles. The Kier molecular flexibility index (Phi) is 5.36. The van der Waals surface area contributed by atoms with Gasteiger partial charge in [0.1, 0.15) is 5.65 Å². The van der Waals surface area contributed by atoms with E-state index in [1.807, 2.05) is 0 Å². The van der Waals surface area contributed by atoms with Gasteiger partial charge in [0.2, 0.25) is 0 Å². The summed E-state index contributed by atoms with van der Waals surface area (Å²) in [7, 11) is 0. The summed E-state index contributed by atoms with van der Waals surface area (Å²) in [6, 6.07) is 3.03. The number of piperidine rings is 1. The number of aromatic nitrogens is 3. The van der Waals surface area contributed by atoms with E-state index < -0.39 is 12.6 Å². The lowest BCUT2D eigenvalue weighted by molar-refractivity contribution is -0.134. The number of aryl methyl sites for hydroxylation is 1. The normalized spacial score (nSPS) is 16.5. The minimum Gasteiger partial charge on any atom is -1.00 e. The largest absolute Gasteiger partial charge is 1.00 e. The summed E-state index contributed by atoms with van der Waals surface area (Å²) in [5.41, 5.74) is 1.33. The third-order valence-electron chi connectivity index (χ3n) is 3.96. The third-order valence-corrected chi connectivity index (χ3v) is 3.96. The molecule has 0 aromatic carbocycles. The van der Waals surface area contributed by atoms with Crippen LogP contribution in [0.4, 0.5) is 13.2 Å². The maximum Gasteiger partial charge on any atom is 0.389 e. The highest BCUT2D eigenvalue weighted by atomic mass is 35.5.